The van der Waals surface area contributed by atoms with E-state index in [4.69, 9.17) is 10.00 Å². The van der Waals surface area contributed by atoms with Crippen LogP contribution in [0.4, 0.5) is 0 Å². The van der Waals surface area contributed by atoms with E-state index in [0.717, 1.165) is 12.1 Å². The fourth-order valence-corrected chi connectivity index (χ4v) is 2.27. The number of methoxy groups -OCH3 is 1. The Morgan fingerprint density at radius 1 is 1.24 bits per heavy atom. The molecule has 0 radical (unpaired) electrons. The van der Waals surface area contributed by atoms with Crippen molar-refractivity contribution in [3.8, 4) is 11.8 Å². The molecule has 0 saturated carbocycles. The lowest BCUT2D eigenvalue weighted by molar-refractivity contribution is 0.412. The first-order valence-corrected chi connectivity index (χ1v) is 7.01. The summed E-state index contributed by atoms with van der Waals surface area (Å²) >= 11 is 0. The summed E-state index contributed by atoms with van der Waals surface area (Å²) in [5.41, 5.74) is 4.20. The van der Waals surface area contributed by atoms with Gasteiger partial charge in [0.25, 0.3) is 0 Å². The maximum absolute atomic E-state index is 8.99. The lowest BCUT2D eigenvalue weighted by Crippen LogP contribution is -2.18. The maximum atomic E-state index is 8.99. The number of aryl methyl sites for hydroxylation is 1. The van der Waals surface area contributed by atoms with Crippen molar-refractivity contribution >= 4 is 0 Å². The van der Waals surface area contributed by atoms with E-state index in [1.807, 2.05) is 12.1 Å². The summed E-state index contributed by atoms with van der Waals surface area (Å²) in [6.07, 6.45) is 0. The van der Waals surface area contributed by atoms with Gasteiger partial charge in [-0.2, -0.15) is 5.26 Å². The summed E-state index contributed by atoms with van der Waals surface area (Å²) in [6.45, 7) is 4.98. The van der Waals surface area contributed by atoms with Gasteiger partial charge in [-0.05, 0) is 37.1 Å². The second kappa shape index (κ2) is 6.92. The largest absolute Gasteiger partial charge is 0.495 e. The number of hydrogen-bond acceptors (Lipinski definition) is 3. The summed E-state index contributed by atoms with van der Waals surface area (Å²) in [5, 5.41) is 12.5. The Labute approximate surface area is 126 Å². The van der Waals surface area contributed by atoms with Crippen LogP contribution < -0.4 is 10.1 Å². The standard InChI is InChI=1S/C18H20N2O/c1-13-5-4-6-16(9-13)14(2)20-12-15-7-8-17(11-19)18(10-15)21-3/h4-10,14,20H,12H2,1-3H3/t14-/m1/s1. The fourth-order valence-electron chi connectivity index (χ4n) is 2.27. The monoisotopic (exact) mass is 280 g/mol. The van der Waals surface area contributed by atoms with Gasteiger partial charge >= 0.3 is 0 Å². The average molecular weight is 280 g/mol. The van der Waals surface area contributed by atoms with Gasteiger partial charge in [-0.1, -0.05) is 35.9 Å². The van der Waals surface area contributed by atoms with Gasteiger partial charge in [0.05, 0.1) is 12.7 Å². The minimum Gasteiger partial charge on any atom is -0.495 e. The number of nitrogens with zero attached hydrogens (tertiary/aromatic N) is 1. The average Bonchev–Trinajstić information content (AvgIpc) is 2.52. The molecule has 0 aromatic heterocycles. The number of benzene rings is 2. The molecule has 108 valence electrons. The molecule has 0 amide bonds. The lowest BCUT2D eigenvalue weighted by Gasteiger charge is -2.15. The van der Waals surface area contributed by atoms with Gasteiger partial charge in [-0.3, -0.25) is 0 Å². The molecule has 3 heteroatoms. The first-order chi connectivity index (χ1) is 10.1. The van der Waals surface area contributed by atoms with Crippen molar-refractivity contribution in [3.05, 3.63) is 64.7 Å². The Hall–Kier alpha value is -2.31. The van der Waals surface area contributed by atoms with Crippen molar-refractivity contribution < 1.29 is 4.74 Å². The van der Waals surface area contributed by atoms with Crippen molar-refractivity contribution in [2.45, 2.75) is 26.4 Å². The van der Waals surface area contributed by atoms with Crippen LogP contribution in [0.2, 0.25) is 0 Å². The molecule has 3 nitrogen and oxygen atoms in total. The molecule has 0 aliphatic rings. The molecule has 0 aliphatic heterocycles. The molecular weight excluding hydrogens is 260 g/mol. The van der Waals surface area contributed by atoms with Gasteiger partial charge in [0.15, 0.2) is 0 Å². The highest BCUT2D eigenvalue weighted by Gasteiger charge is 2.07. The zero-order chi connectivity index (χ0) is 15.2. The topological polar surface area (TPSA) is 45.0 Å². The Morgan fingerprint density at radius 2 is 2.05 bits per heavy atom. The molecule has 21 heavy (non-hydrogen) atoms. The molecule has 2 aromatic rings. The zero-order valence-electron chi connectivity index (χ0n) is 12.7. The van der Waals surface area contributed by atoms with Crippen LogP contribution in [0, 0.1) is 18.3 Å². The SMILES string of the molecule is COc1cc(CN[C@H](C)c2cccc(C)c2)ccc1C#N. The zero-order valence-corrected chi connectivity index (χ0v) is 12.7. The number of hydrogen-bond donors (Lipinski definition) is 1. The smallest absolute Gasteiger partial charge is 0.136 e. The fraction of sp³-hybridized carbons (Fsp3) is 0.278. The van der Waals surface area contributed by atoms with E-state index < -0.39 is 0 Å². The minimum atomic E-state index is 0.270. The Morgan fingerprint density at radius 3 is 2.71 bits per heavy atom. The second-order valence-electron chi connectivity index (χ2n) is 5.16. The molecule has 1 N–H and O–H groups in total. The molecule has 2 rings (SSSR count). The minimum absolute atomic E-state index is 0.270. The third-order valence-electron chi connectivity index (χ3n) is 3.54. The maximum Gasteiger partial charge on any atom is 0.136 e. The van der Waals surface area contributed by atoms with Crippen molar-refractivity contribution in [3.63, 3.8) is 0 Å². The van der Waals surface area contributed by atoms with Crippen LogP contribution in [-0.2, 0) is 6.54 Å². The quantitative estimate of drug-likeness (QED) is 0.907. The predicted octanol–water partition coefficient (Wildman–Crippen LogP) is 3.73. The molecule has 2 aromatic carbocycles. The normalized spacial score (nSPS) is 11.7. The van der Waals surface area contributed by atoms with E-state index in [-0.39, 0.29) is 6.04 Å². The van der Waals surface area contributed by atoms with Crippen LogP contribution >= 0.6 is 0 Å². The van der Waals surface area contributed by atoms with Crippen LogP contribution in [0.1, 0.15) is 35.2 Å². The van der Waals surface area contributed by atoms with E-state index in [0.29, 0.717) is 11.3 Å². The van der Waals surface area contributed by atoms with Crippen molar-refractivity contribution in [2.75, 3.05) is 7.11 Å². The van der Waals surface area contributed by atoms with E-state index in [1.54, 1.807) is 13.2 Å². The molecule has 0 fully saturated rings. The Balaban J connectivity index is 2.04. The van der Waals surface area contributed by atoms with Crippen molar-refractivity contribution in [1.29, 1.82) is 5.26 Å². The highest BCUT2D eigenvalue weighted by Crippen LogP contribution is 2.20. The van der Waals surface area contributed by atoms with Gasteiger partial charge < -0.3 is 10.1 Å². The molecule has 0 spiro atoms. The van der Waals surface area contributed by atoms with Crippen molar-refractivity contribution in [2.24, 2.45) is 0 Å². The van der Waals surface area contributed by atoms with Crippen LogP contribution in [-0.4, -0.2) is 7.11 Å². The molecule has 0 unspecified atom stereocenters. The van der Waals surface area contributed by atoms with Gasteiger partial charge in [-0.15, -0.1) is 0 Å². The first kappa shape index (κ1) is 15.1. The summed E-state index contributed by atoms with van der Waals surface area (Å²) in [7, 11) is 1.59. The molecule has 0 bridgehead atoms. The van der Waals surface area contributed by atoms with E-state index in [2.05, 4.69) is 49.5 Å². The predicted molar refractivity (Wildman–Crippen MR) is 84.1 cm³/mol. The number of ether oxygens (including phenoxy) is 1. The van der Waals surface area contributed by atoms with E-state index in [1.165, 1.54) is 11.1 Å². The van der Waals surface area contributed by atoms with Crippen LogP contribution in [0.3, 0.4) is 0 Å². The van der Waals surface area contributed by atoms with Gasteiger partial charge in [-0.25, -0.2) is 0 Å². The van der Waals surface area contributed by atoms with Gasteiger partial charge in [0.1, 0.15) is 11.8 Å². The highest BCUT2D eigenvalue weighted by molar-refractivity contribution is 5.45. The van der Waals surface area contributed by atoms with Crippen LogP contribution in [0.5, 0.6) is 5.75 Å². The number of nitrogens with one attached hydrogen (secondary N) is 1. The highest BCUT2D eigenvalue weighted by atomic mass is 16.5. The van der Waals surface area contributed by atoms with E-state index in [9.17, 15) is 0 Å². The Kier molecular flexibility index (Phi) is 4.97. The third-order valence-corrected chi connectivity index (χ3v) is 3.54. The molecule has 0 saturated heterocycles. The van der Waals surface area contributed by atoms with Crippen LogP contribution in [0.25, 0.3) is 0 Å². The summed E-state index contributed by atoms with van der Waals surface area (Å²) in [5.74, 6) is 0.625. The molecule has 0 aliphatic carbocycles. The van der Waals surface area contributed by atoms with Crippen LogP contribution in [0.15, 0.2) is 42.5 Å². The second-order valence-corrected chi connectivity index (χ2v) is 5.16. The first-order valence-electron chi connectivity index (χ1n) is 7.01. The molecule has 1 atom stereocenters. The molecule has 0 heterocycles. The summed E-state index contributed by atoms with van der Waals surface area (Å²) < 4.78 is 5.23. The van der Waals surface area contributed by atoms with E-state index >= 15 is 0 Å². The third kappa shape index (κ3) is 3.84. The van der Waals surface area contributed by atoms with Crippen molar-refractivity contribution in [1.82, 2.24) is 5.32 Å². The molecular formula is C18H20N2O. The summed E-state index contributed by atoms with van der Waals surface area (Å²) in [6, 6.07) is 16.6. The summed E-state index contributed by atoms with van der Waals surface area (Å²) in [4.78, 5) is 0. The number of rotatable bonds is 5. The number of nitriles is 1. The Bertz CT molecular complexity index is 659. The van der Waals surface area contributed by atoms with Gasteiger partial charge in [0.2, 0.25) is 0 Å². The lowest BCUT2D eigenvalue weighted by atomic mass is 10.1. The van der Waals surface area contributed by atoms with Gasteiger partial charge in [0, 0.05) is 12.6 Å².